The first-order chi connectivity index (χ1) is 26.7. The van der Waals surface area contributed by atoms with Gasteiger partial charge in [-0.1, -0.05) is 115 Å². The van der Waals surface area contributed by atoms with Gasteiger partial charge in [0.2, 0.25) is 0 Å². The molecule has 10 aromatic rings. The van der Waals surface area contributed by atoms with E-state index in [1.807, 2.05) is 30.3 Å². The van der Waals surface area contributed by atoms with Crippen molar-refractivity contribution in [1.29, 1.82) is 10.5 Å². The lowest BCUT2D eigenvalue weighted by molar-refractivity contribution is 1.16. The van der Waals surface area contributed by atoms with Crippen LogP contribution in [0.3, 0.4) is 0 Å². The third-order valence-corrected chi connectivity index (χ3v) is 10.5. The molecule has 2 aromatic heterocycles. The molecule has 4 nitrogen and oxygen atoms in total. The van der Waals surface area contributed by atoms with Gasteiger partial charge in [0.05, 0.1) is 51.0 Å². The number of hydrogen-bond donors (Lipinski definition) is 0. The van der Waals surface area contributed by atoms with E-state index in [-0.39, 0.29) is 0 Å². The number of rotatable bonds is 5. The molecule has 10 rings (SSSR count). The van der Waals surface area contributed by atoms with Crippen LogP contribution in [-0.4, -0.2) is 9.13 Å². The second kappa shape index (κ2) is 12.5. The molecule has 0 radical (unpaired) electrons. The molecule has 0 N–H and O–H groups in total. The smallest absolute Gasteiger partial charge is 0.0992 e. The monoisotopic (exact) mass is 686 g/mol. The molecule has 0 spiro atoms. The molecular weight excluding hydrogens is 657 g/mol. The van der Waals surface area contributed by atoms with Gasteiger partial charge in [-0.25, -0.2) is 0 Å². The molecule has 0 amide bonds. The van der Waals surface area contributed by atoms with Gasteiger partial charge in [0.1, 0.15) is 0 Å². The van der Waals surface area contributed by atoms with Crippen LogP contribution in [0.1, 0.15) is 11.1 Å². The molecule has 0 aliphatic carbocycles. The lowest BCUT2D eigenvalue weighted by Crippen LogP contribution is -2.02. The standard InChI is InChI=1S/C50H30N4/c51-31-33-26-34(32-52)28-39(27-33)49-48(25-22-42-41-18-10-11-19-45(41)53(50(42)49)40-16-8-3-9-17-40)54-46-23-20-37(35-12-4-1-5-13-35)29-43(46)44-30-38(21-24-47(44)54)36-14-6-2-7-15-36/h1-30H. The highest BCUT2D eigenvalue weighted by Crippen LogP contribution is 2.45. The van der Waals surface area contributed by atoms with Gasteiger partial charge in [0.25, 0.3) is 0 Å². The molecule has 0 saturated carbocycles. The van der Waals surface area contributed by atoms with Gasteiger partial charge >= 0.3 is 0 Å². The van der Waals surface area contributed by atoms with Crippen LogP contribution in [0.4, 0.5) is 0 Å². The number of fused-ring (bicyclic) bond motifs is 6. The largest absolute Gasteiger partial charge is 0.309 e. The highest BCUT2D eigenvalue weighted by atomic mass is 15.0. The highest BCUT2D eigenvalue weighted by molar-refractivity contribution is 6.17. The van der Waals surface area contributed by atoms with Crippen molar-refractivity contribution < 1.29 is 0 Å². The zero-order chi connectivity index (χ0) is 36.2. The summed E-state index contributed by atoms with van der Waals surface area (Å²) in [5.74, 6) is 0. The summed E-state index contributed by atoms with van der Waals surface area (Å²) >= 11 is 0. The van der Waals surface area contributed by atoms with E-state index in [0.29, 0.717) is 11.1 Å². The summed E-state index contributed by atoms with van der Waals surface area (Å²) in [7, 11) is 0. The molecule has 4 heteroatoms. The second-order valence-corrected chi connectivity index (χ2v) is 13.6. The predicted octanol–water partition coefficient (Wildman–Crippen LogP) is 12.6. The Labute approximate surface area is 312 Å². The number of aromatic nitrogens is 2. The van der Waals surface area contributed by atoms with Crippen LogP contribution in [0.25, 0.3) is 88.4 Å². The summed E-state index contributed by atoms with van der Waals surface area (Å²) in [5, 5.41) is 24.9. The van der Waals surface area contributed by atoms with E-state index in [1.165, 1.54) is 0 Å². The summed E-state index contributed by atoms with van der Waals surface area (Å²) < 4.78 is 4.69. The van der Waals surface area contributed by atoms with Gasteiger partial charge in [0.15, 0.2) is 0 Å². The Hall–Kier alpha value is -7.66. The Kier molecular flexibility index (Phi) is 7.22. The molecule has 0 atom stereocenters. The van der Waals surface area contributed by atoms with Crippen LogP contribution in [0.5, 0.6) is 0 Å². The molecule has 8 aromatic carbocycles. The van der Waals surface area contributed by atoms with Crippen molar-refractivity contribution in [1.82, 2.24) is 9.13 Å². The molecule has 0 fully saturated rings. The first kappa shape index (κ1) is 31.1. The summed E-state index contributed by atoms with van der Waals surface area (Å²) in [6.45, 7) is 0. The molecule has 0 unspecified atom stereocenters. The van der Waals surface area contributed by atoms with E-state index in [9.17, 15) is 10.5 Å². The number of hydrogen-bond acceptors (Lipinski definition) is 2. The maximum atomic E-state index is 10.2. The molecule has 0 aliphatic heterocycles. The van der Waals surface area contributed by atoms with Gasteiger partial charge in [0, 0.05) is 32.8 Å². The maximum absolute atomic E-state index is 10.2. The molecular formula is C50H30N4. The third-order valence-electron chi connectivity index (χ3n) is 10.5. The fourth-order valence-corrected chi connectivity index (χ4v) is 8.17. The van der Waals surface area contributed by atoms with E-state index >= 15 is 0 Å². The van der Waals surface area contributed by atoms with E-state index < -0.39 is 0 Å². The maximum Gasteiger partial charge on any atom is 0.0992 e. The summed E-state index contributed by atoms with van der Waals surface area (Å²) in [4.78, 5) is 0. The van der Waals surface area contributed by atoms with Gasteiger partial charge in [-0.15, -0.1) is 0 Å². The fourth-order valence-electron chi connectivity index (χ4n) is 8.17. The predicted molar refractivity (Wildman–Crippen MR) is 221 cm³/mol. The van der Waals surface area contributed by atoms with Crippen molar-refractivity contribution in [2.75, 3.05) is 0 Å². The molecule has 250 valence electrons. The van der Waals surface area contributed by atoms with Crippen LogP contribution in [-0.2, 0) is 0 Å². The first-order valence-electron chi connectivity index (χ1n) is 18.0. The van der Waals surface area contributed by atoms with Crippen molar-refractivity contribution in [3.63, 3.8) is 0 Å². The van der Waals surface area contributed by atoms with E-state index in [0.717, 1.165) is 88.4 Å². The van der Waals surface area contributed by atoms with Gasteiger partial charge in [-0.3, -0.25) is 0 Å². The quantitative estimate of drug-likeness (QED) is 0.181. The highest BCUT2D eigenvalue weighted by Gasteiger charge is 2.24. The number of nitrogens with zero attached hydrogens (tertiary/aromatic N) is 4. The Morgan fingerprint density at radius 3 is 1.44 bits per heavy atom. The zero-order valence-electron chi connectivity index (χ0n) is 29.1. The summed E-state index contributed by atoms with van der Waals surface area (Å²) in [6, 6.07) is 68.0. The molecule has 2 heterocycles. The van der Waals surface area contributed by atoms with Gasteiger partial charge in [-0.05, 0) is 94.5 Å². The average Bonchev–Trinajstić information content (AvgIpc) is 3.76. The van der Waals surface area contributed by atoms with Crippen molar-refractivity contribution in [3.05, 3.63) is 193 Å². The van der Waals surface area contributed by atoms with Gasteiger partial charge in [-0.2, -0.15) is 10.5 Å². The lowest BCUT2D eigenvalue weighted by Gasteiger charge is -2.18. The van der Waals surface area contributed by atoms with Crippen LogP contribution in [0.15, 0.2) is 182 Å². The lowest BCUT2D eigenvalue weighted by atomic mass is 9.96. The number of benzene rings is 8. The molecule has 54 heavy (non-hydrogen) atoms. The Morgan fingerprint density at radius 2 is 0.870 bits per heavy atom. The first-order valence-corrected chi connectivity index (χ1v) is 18.0. The van der Waals surface area contributed by atoms with E-state index in [1.54, 1.807) is 6.07 Å². The minimum Gasteiger partial charge on any atom is -0.309 e. The minimum absolute atomic E-state index is 0.441. The van der Waals surface area contributed by atoms with Crippen LogP contribution in [0, 0.1) is 22.7 Å². The van der Waals surface area contributed by atoms with E-state index in [4.69, 9.17) is 0 Å². The molecule has 0 saturated heterocycles. The van der Waals surface area contributed by atoms with Crippen molar-refractivity contribution in [3.8, 4) is 56.9 Å². The Balaban J connectivity index is 1.38. The third kappa shape index (κ3) is 4.90. The topological polar surface area (TPSA) is 57.4 Å². The normalized spacial score (nSPS) is 11.3. The molecule has 0 bridgehead atoms. The zero-order valence-corrected chi connectivity index (χ0v) is 29.1. The Morgan fingerprint density at radius 1 is 0.352 bits per heavy atom. The number of nitriles is 2. The van der Waals surface area contributed by atoms with Crippen LogP contribution >= 0.6 is 0 Å². The number of para-hydroxylation sites is 2. The van der Waals surface area contributed by atoms with Crippen molar-refractivity contribution in [2.45, 2.75) is 0 Å². The molecule has 0 aliphatic rings. The van der Waals surface area contributed by atoms with E-state index in [2.05, 4.69) is 167 Å². The average molecular weight is 687 g/mol. The van der Waals surface area contributed by atoms with Crippen LogP contribution < -0.4 is 0 Å². The van der Waals surface area contributed by atoms with Crippen molar-refractivity contribution in [2.24, 2.45) is 0 Å². The van der Waals surface area contributed by atoms with Gasteiger partial charge < -0.3 is 9.13 Å². The second-order valence-electron chi connectivity index (χ2n) is 13.6. The SMILES string of the molecule is N#Cc1cc(C#N)cc(-c2c(-n3c4ccc(-c5ccccc5)cc4c4cc(-c5ccccc5)ccc43)ccc3c4ccccc4n(-c4ccccc4)c23)c1. The Bertz CT molecular complexity index is 3030. The van der Waals surface area contributed by atoms with Crippen molar-refractivity contribution >= 4 is 43.6 Å². The van der Waals surface area contributed by atoms with Crippen LogP contribution in [0.2, 0.25) is 0 Å². The fraction of sp³-hybridized carbons (Fsp3) is 0. The minimum atomic E-state index is 0.441. The summed E-state index contributed by atoms with van der Waals surface area (Å²) in [5.41, 5.74) is 13.5. The summed E-state index contributed by atoms with van der Waals surface area (Å²) in [6.07, 6.45) is 0.